The largest absolute Gasteiger partial charge is 0.493 e. The molecule has 0 aromatic heterocycles. The fourth-order valence-electron chi connectivity index (χ4n) is 3.42. The molecule has 2 aromatic rings. The van der Waals surface area contributed by atoms with Crippen molar-refractivity contribution in [2.75, 3.05) is 28.4 Å². The Kier molecular flexibility index (Phi) is 6.69. The SMILES string of the molecule is COc1cc([C@H]2NC(=O)N(C)C(C)=C2C(=O)OCc2ccccc2)cc(OC)c1OC. The molecule has 0 saturated carbocycles. The van der Waals surface area contributed by atoms with E-state index in [0.29, 0.717) is 34.1 Å². The average Bonchev–Trinajstić information content (AvgIpc) is 2.80. The van der Waals surface area contributed by atoms with Crippen LogP contribution in [0.15, 0.2) is 53.7 Å². The van der Waals surface area contributed by atoms with Crippen molar-refractivity contribution in [3.8, 4) is 17.2 Å². The molecule has 0 unspecified atom stereocenters. The molecule has 0 aliphatic carbocycles. The molecule has 164 valence electrons. The maximum absolute atomic E-state index is 13.1. The first-order valence-electron chi connectivity index (χ1n) is 9.67. The van der Waals surface area contributed by atoms with E-state index in [-0.39, 0.29) is 12.6 Å². The summed E-state index contributed by atoms with van der Waals surface area (Å²) in [5, 5.41) is 2.86. The van der Waals surface area contributed by atoms with Crippen LogP contribution in [-0.2, 0) is 16.1 Å². The third-order valence-electron chi connectivity index (χ3n) is 5.21. The van der Waals surface area contributed by atoms with Crippen molar-refractivity contribution in [2.45, 2.75) is 19.6 Å². The van der Waals surface area contributed by atoms with Crippen LogP contribution in [0.1, 0.15) is 24.1 Å². The predicted octanol–water partition coefficient (Wildman–Crippen LogP) is 3.43. The van der Waals surface area contributed by atoms with Crippen molar-refractivity contribution in [1.29, 1.82) is 0 Å². The molecule has 2 amide bonds. The maximum Gasteiger partial charge on any atom is 0.338 e. The van der Waals surface area contributed by atoms with Crippen LogP contribution in [0, 0.1) is 0 Å². The van der Waals surface area contributed by atoms with Crippen molar-refractivity contribution < 1.29 is 28.5 Å². The number of amides is 2. The molecule has 8 nitrogen and oxygen atoms in total. The molecule has 0 fully saturated rings. The molecule has 8 heteroatoms. The Balaban J connectivity index is 2.01. The van der Waals surface area contributed by atoms with Gasteiger partial charge in [-0.1, -0.05) is 30.3 Å². The summed E-state index contributed by atoms with van der Waals surface area (Å²) >= 11 is 0. The quantitative estimate of drug-likeness (QED) is 0.683. The molecule has 1 aliphatic rings. The highest BCUT2D eigenvalue weighted by molar-refractivity contribution is 5.95. The number of hydrogen-bond donors (Lipinski definition) is 1. The van der Waals surface area contributed by atoms with Crippen molar-refractivity contribution >= 4 is 12.0 Å². The molecular formula is C23H26N2O6. The van der Waals surface area contributed by atoms with E-state index < -0.39 is 12.0 Å². The number of ether oxygens (including phenoxy) is 4. The summed E-state index contributed by atoms with van der Waals surface area (Å²) in [7, 11) is 6.11. The number of benzene rings is 2. The van der Waals surface area contributed by atoms with Crippen LogP contribution in [0.3, 0.4) is 0 Å². The summed E-state index contributed by atoms with van der Waals surface area (Å²) in [6, 6.07) is 11.7. The number of hydrogen-bond acceptors (Lipinski definition) is 6. The molecule has 0 radical (unpaired) electrons. The Labute approximate surface area is 181 Å². The second-order valence-electron chi connectivity index (χ2n) is 6.96. The van der Waals surface area contributed by atoms with Gasteiger partial charge < -0.3 is 29.2 Å². The van der Waals surface area contributed by atoms with E-state index in [1.165, 1.54) is 26.2 Å². The zero-order chi connectivity index (χ0) is 22.5. The second-order valence-corrected chi connectivity index (χ2v) is 6.96. The van der Waals surface area contributed by atoms with Gasteiger partial charge >= 0.3 is 12.0 Å². The first-order valence-corrected chi connectivity index (χ1v) is 9.67. The number of nitrogens with zero attached hydrogens (tertiary/aromatic N) is 1. The summed E-state index contributed by atoms with van der Waals surface area (Å²) in [6.45, 7) is 1.83. The maximum atomic E-state index is 13.1. The Morgan fingerprint density at radius 1 is 1.03 bits per heavy atom. The molecule has 0 bridgehead atoms. The lowest BCUT2D eigenvalue weighted by Gasteiger charge is -2.33. The molecule has 0 spiro atoms. The van der Waals surface area contributed by atoms with E-state index in [1.54, 1.807) is 26.1 Å². The second kappa shape index (κ2) is 9.42. The molecule has 31 heavy (non-hydrogen) atoms. The van der Waals surface area contributed by atoms with Gasteiger partial charge in [0.1, 0.15) is 6.61 Å². The molecule has 3 rings (SSSR count). The Morgan fingerprint density at radius 3 is 2.19 bits per heavy atom. The summed E-state index contributed by atoms with van der Waals surface area (Å²) < 4.78 is 21.8. The van der Waals surface area contributed by atoms with Gasteiger partial charge in [-0.05, 0) is 30.2 Å². The van der Waals surface area contributed by atoms with Crippen LogP contribution in [0.2, 0.25) is 0 Å². The van der Waals surface area contributed by atoms with Crippen LogP contribution >= 0.6 is 0 Å². The van der Waals surface area contributed by atoms with Crippen LogP contribution in [0.4, 0.5) is 4.79 Å². The minimum atomic E-state index is -0.749. The van der Waals surface area contributed by atoms with E-state index in [1.807, 2.05) is 30.3 Å². The van der Waals surface area contributed by atoms with Gasteiger partial charge in [-0.2, -0.15) is 0 Å². The first kappa shape index (κ1) is 22.0. The molecule has 2 aromatic carbocycles. The number of allylic oxidation sites excluding steroid dienone is 1. The number of carbonyl (C=O) groups excluding carboxylic acids is 2. The zero-order valence-electron chi connectivity index (χ0n) is 18.2. The van der Waals surface area contributed by atoms with Crippen LogP contribution < -0.4 is 19.5 Å². The van der Waals surface area contributed by atoms with Gasteiger partial charge in [0.2, 0.25) is 5.75 Å². The third kappa shape index (κ3) is 4.42. The van der Waals surface area contributed by atoms with E-state index >= 15 is 0 Å². The van der Waals surface area contributed by atoms with Gasteiger partial charge in [-0.3, -0.25) is 0 Å². The molecule has 0 saturated heterocycles. The Morgan fingerprint density at radius 2 is 1.65 bits per heavy atom. The van der Waals surface area contributed by atoms with Gasteiger partial charge in [0.15, 0.2) is 11.5 Å². The number of carbonyl (C=O) groups is 2. The fraction of sp³-hybridized carbons (Fsp3) is 0.304. The number of methoxy groups -OCH3 is 3. The number of esters is 1. The van der Waals surface area contributed by atoms with Crippen molar-refractivity contribution in [2.24, 2.45) is 0 Å². The average molecular weight is 426 g/mol. The molecule has 1 heterocycles. The highest BCUT2D eigenvalue weighted by atomic mass is 16.5. The monoisotopic (exact) mass is 426 g/mol. The summed E-state index contributed by atoms with van der Waals surface area (Å²) in [5.41, 5.74) is 2.29. The Hall–Kier alpha value is -3.68. The molecule has 1 aliphatic heterocycles. The third-order valence-corrected chi connectivity index (χ3v) is 5.21. The van der Waals surface area contributed by atoms with E-state index in [9.17, 15) is 9.59 Å². The number of rotatable bonds is 7. The number of urea groups is 1. The highest BCUT2D eigenvalue weighted by Crippen LogP contribution is 2.42. The lowest BCUT2D eigenvalue weighted by atomic mass is 9.94. The fourth-order valence-corrected chi connectivity index (χ4v) is 3.42. The van der Waals surface area contributed by atoms with Gasteiger partial charge in [-0.15, -0.1) is 0 Å². The van der Waals surface area contributed by atoms with Gasteiger partial charge in [0, 0.05) is 12.7 Å². The molecule has 1 N–H and O–H groups in total. The standard InChI is InChI=1S/C23H26N2O6/c1-14-19(22(26)31-13-15-9-7-6-8-10-15)20(24-23(27)25(14)2)16-11-17(28-3)21(30-5)18(12-16)29-4/h6-12,20H,13H2,1-5H3,(H,24,27)/t20-/m1/s1. The lowest BCUT2D eigenvalue weighted by molar-refractivity contribution is -0.141. The first-order chi connectivity index (χ1) is 14.9. The van der Waals surface area contributed by atoms with Gasteiger partial charge in [-0.25, -0.2) is 9.59 Å². The lowest BCUT2D eigenvalue weighted by Crippen LogP contribution is -2.46. The topological polar surface area (TPSA) is 86.3 Å². The minimum Gasteiger partial charge on any atom is -0.493 e. The van der Waals surface area contributed by atoms with Gasteiger partial charge in [0.25, 0.3) is 0 Å². The summed E-state index contributed by atoms with van der Waals surface area (Å²) in [5.74, 6) is 0.730. The predicted molar refractivity (Wildman–Crippen MR) is 114 cm³/mol. The molecule has 1 atom stereocenters. The normalized spacial score (nSPS) is 16.0. The minimum absolute atomic E-state index is 0.121. The Bertz CT molecular complexity index is 977. The van der Waals surface area contributed by atoms with Crippen LogP contribution in [0.5, 0.6) is 17.2 Å². The highest BCUT2D eigenvalue weighted by Gasteiger charge is 2.36. The van der Waals surface area contributed by atoms with Crippen LogP contribution in [0.25, 0.3) is 0 Å². The van der Waals surface area contributed by atoms with Crippen molar-refractivity contribution in [1.82, 2.24) is 10.2 Å². The van der Waals surface area contributed by atoms with E-state index in [0.717, 1.165) is 5.56 Å². The number of nitrogens with one attached hydrogen (secondary N) is 1. The summed E-state index contributed by atoms with van der Waals surface area (Å²) in [4.78, 5) is 27.0. The van der Waals surface area contributed by atoms with Crippen molar-refractivity contribution in [3.63, 3.8) is 0 Å². The summed E-state index contributed by atoms with van der Waals surface area (Å²) in [6.07, 6.45) is 0. The van der Waals surface area contributed by atoms with Crippen LogP contribution in [-0.4, -0.2) is 45.3 Å². The van der Waals surface area contributed by atoms with Crippen molar-refractivity contribution in [3.05, 3.63) is 64.9 Å². The van der Waals surface area contributed by atoms with E-state index in [2.05, 4.69) is 5.32 Å². The zero-order valence-corrected chi connectivity index (χ0v) is 18.2. The van der Waals surface area contributed by atoms with E-state index in [4.69, 9.17) is 18.9 Å². The van der Waals surface area contributed by atoms with Gasteiger partial charge in [0.05, 0.1) is 32.9 Å². The molecular weight excluding hydrogens is 400 g/mol. The smallest absolute Gasteiger partial charge is 0.338 e.